The molecule has 19 heavy (non-hydrogen) atoms. The first-order valence-corrected chi connectivity index (χ1v) is 6.33. The lowest BCUT2D eigenvalue weighted by molar-refractivity contribution is -0.116. The lowest BCUT2D eigenvalue weighted by Gasteiger charge is -2.14. The van der Waals surface area contributed by atoms with Gasteiger partial charge in [0.2, 0.25) is 0 Å². The van der Waals surface area contributed by atoms with Gasteiger partial charge in [0.15, 0.2) is 5.76 Å². The third-order valence-electron chi connectivity index (χ3n) is 3.00. The van der Waals surface area contributed by atoms with Crippen molar-refractivity contribution in [1.29, 1.82) is 0 Å². The summed E-state index contributed by atoms with van der Waals surface area (Å²) in [5, 5.41) is 3.81. The molecule has 0 atom stereocenters. The van der Waals surface area contributed by atoms with Gasteiger partial charge in [0.1, 0.15) is 5.82 Å². The van der Waals surface area contributed by atoms with Crippen molar-refractivity contribution < 1.29 is 9.53 Å². The largest absolute Gasteiger partial charge is 0.488 e. The molecule has 1 aromatic carbocycles. The smallest absolute Gasteiger partial charge is 0.291 e. The van der Waals surface area contributed by atoms with Gasteiger partial charge in [-0.2, -0.15) is 0 Å². The van der Waals surface area contributed by atoms with Crippen LogP contribution in [0.2, 0.25) is 0 Å². The maximum Gasteiger partial charge on any atom is 0.291 e. The normalized spacial score (nSPS) is 14.6. The van der Waals surface area contributed by atoms with Gasteiger partial charge in [-0.3, -0.25) is 4.79 Å². The first kappa shape index (κ1) is 11.7. The Hall–Kier alpha value is -2.36. The predicted octanol–water partition coefficient (Wildman–Crippen LogP) is 2.87. The Balaban J connectivity index is 1.81. The average molecular weight is 254 g/mol. The van der Waals surface area contributed by atoms with E-state index in [0.29, 0.717) is 18.2 Å². The van der Waals surface area contributed by atoms with Gasteiger partial charge in [0.25, 0.3) is 5.91 Å². The number of ether oxygens (including phenoxy) is 1. The van der Waals surface area contributed by atoms with Crippen LogP contribution < -0.4 is 5.32 Å². The SMILES string of the molecule is O=C(Nc1ccc2ccccc2n1)C1=CCCCO1. The molecule has 4 nitrogen and oxygen atoms in total. The van der Waals surface area contributed by atoms with Gasteiger partial charge < -0.3 is 10.1 Å². The summed E-state index contributed by atoms with van der Waals surface area (Å²) in [7, 11) is 0. The van der Waals surface area contributed by atoms with Crippen molar-refractivity contribution in [2.24, 2.45) is 0 Å². The van der Waals surface area contributed by atoms with E-state index >= 15 is 0 Å². The Morgan fingerprint density at radius 2 is 2.11 bits per heavy atom. The average Bonchev–Trinajstić information content (AvgIpc) is 2.48. The molecule has 0 spiro atoms. The summed E-state index contributed by atoms with van der Waals surface area (Å²) in [6, 6.07) is 11.5. The zero-order valence-electron chi connectivity index (χ0n) is 10.4. The minimum atomic E-state index is -0.234. The van der Waals surface area contributed by atoms with E-state index in [1.807, 2.05) is 36.4 Å². The van der Waals surface area contributed by atoms with E-state index in [4.69, 9.17) is 4.74 Å². The Morgan fingerprint density at radius 1 is 1.21 bits per heavy atom. The van der Waals surface area contributed by atoms with Gasteiger partial charge in [-0.1, -0.05) is 18.2 Å². The highest BCUT2D eigenvalue weighted by Crippen LogP contribution is 2.16. The van der Waals surface area contributed by atoms with Crippen LogP contribution in [-0.4, -0.2) is 17.5 Å². The van der Waals surface area contributed by atoms with Crippen LogP contribution in [0.1, 0.15) is 12.8 Å². The minimum absolute atomic E-state index is 0.234. The molecule has 0 saturated carbocycles. The van der Waals surface area contributed by atoms with Crippen molar-refractivity contribution in [2.45, 2.75) is 12.8 Å². The number of para-hydroxylation sites is 1. The summed E-state index contributed by atoms with van der Waals surface area (Å²) in [6.45, 7) is 0.602. The van der Waals surface area contributed by atoms with Crippen LogP contribution in [-0.2, 0) is 9.53 Å². The summed E-state index contributed by atoms with van der Waals surface area (Å²) in [5.41, 5.74) is 0.860. The second-order valence-corrected chi connectivity index (χ2v) is 4.40. The first-order chi connectivity index (χ1) is 9.33. The highest BCUT2D eigenvalue weighted by Gasteiger charge is 2.14. The molecule has 3 rings (SSSR count). The van der Waals surface area contributed by atoms with Crippen LogP contribution in [0.4, 0.5) is 5.82 Å². The fourth-order valence-corrected chi connectivity index (χ4v) is 2.03. The topological polar surface area (TPSA) is 51.2 Å². The Kier molecular flexibility index (Phi) is 3.14. The molecule has 96 valence electrons. The van der Waals surface area contributed by atoms with Crippen molar-refractivity contribution in [3.8, 4) is 0 Å². The zero-order chi connectivity index (χ0) is 13.1. The third-order valence-corrected chi connectivity index (χ3v) is 3.00. The quantitative estimate of drug-likeness (QED) is 0.896. The van der Waals surface area contributed by atoms with Crippen molar-refractivity contribution in [3.05, 3.63) is 48.2 Å². The molecule has 0 bridgehead atoms. The molecule has 1 aliphatic rings. The fourth-order valence-electron chi connectivity index (χ4n) is 2.03. The number of nitrogens with one attached hydrogen (secondary N) is 1. The molecular weight excluding hydrogens is 240 g/mol. The highest BCUT2D eigenvalue weighted by molar-refractivity contribution is 6.02. The molecule has 1 aliphatic heterocycles. The van der Waals surface area contributed by atoms with E-state index in [-0.39, 0.29) is 5.91 Å². The molecule has 4 heteroatoms. The van der Waals surface area contributed by atoms with Crippen LogP contribution >= 0.6 is 0 Å². The number of fused-ring (bicyclic) bond motifs is 1. The van der Waals surface area contributed by atoms with Gasteiger partial charge in [0.05, 0.1) is 12.1 Å². The number of hydrogen-bond acceptors (Lipinski definition) is 3. The molecule has 1 amide bonds. The van der Waals surface area contributed by atoms with Crippen LogP contribution in [0, 0.1) is 0 Å². The number of nitrogens with zero attached hydrogens (tertiary/aromatic N) is 1. The summed E-state index contributed by atoms with van der Waals surface area (Å²) in [4.78, 5) is 16.4. The summed E-state index contributed by atoms with van der Waals surface area (Å²) >= 11 is 0. The Bertz CT molecular complexity index is 649. The second-order valence-electron chi connectivity index (χ2n) is 4.40. The summed E-state index contributed by atoms with van der Waals surface area (Å²) in [5.74, 6) is 0.697. The van der Waals surface area contributed by atoms with Gasteiger partial charge in [-0.25, -0.2) is 4.98 Å². The van der Waals surface area contributed by atoms with Crippen molar-refractivity contribution in [2.75, 3.05) is 11.9 Å². The number of pyridine rings is 1. The molecule has 2 aromatic rings. The number of hydrogen-bond donors (Lipinski definition) is 1. The maximum atomic E-state index is 12.0. The highest BCUT2D eigenvalue weighted by atomic mass is 16.5. The van der Waals surface area contributed by atoms with Gasteiger partial charge in [0, 0.05) is 5.39 Å². The molecular formula is C15H14N2O2. The van der Waals surface area contributed by atoms with E-state index in [1.54, 1.807) is 6.07 Å². The van der Waals surface area contributed by atoms with Crippen LogP contribution in [0.15, 0.2) is 48.2 Å². The van der Waals surface area contributed by atoms with E-state index in [1.165, 1.54) is 0 Å². The lowest BCUT2D eigenvalue weighted by atomic mass is 10.2. The molecule has 0 aliphatic carbocycles. The number of allylic oxidation sites excluding steroid dienone is 1. The van der Waals surface area contributed by atoms with Gasteiger partial charge in [-0.15, -0.1) is 0 Å². The zero-order valence-corrected chi connectivity index (χ0v) is 10.4. The monoisotopic (exact) mass is 254 g/mol. The van der Waals surface area contributed by atoms with Crippen molar-refractivity contribution >= 4 is 22.6 Å². The number of rotatable bonds is 2. The lowest BCUT2D eigenvalue weighted by Crippen LogP contribution is -2.19. The number of anilines is 1. The second kappa shape index (κ2) is 5.10. The fraction of sp³-hybridized carbons (Fsp3) is 0.200. The molecule has 0 radical (unpaired) electrons. The van der Waals surface area contributed by atoms with E-state index < -0.39 is 0 Å². The van der Waals surface area contributed by atoms with E-state index in [0.717, 1.165) is 23.7 Å². The summed E-state index contributed by atoms with van der Waals surface area (Å²) < 4.78 is 5.32. The minimum Gasteiger partial charge on any atom is -0.488 e. The molecule has 1 aromatic heterocycles. The van der Waals surface area contributed by atoms with Crippen LogP contribution in [0.3, 0.4) is 0 Å². The molecule has 0 unspecified atom stereocenters. The van der Waals surface area contributed by atoms with E-state index in [2.05, 4.69) is 10.3 Å². The Labute approximate surface area is 111 Å². The van der Waals surface area contributed by atoms with Crippen molar-refractivity contribution in [3.63, 3.8) is 0 Å². The Morgan fingerprint density at radius 3 is 2.95 bits per heavy atom. The number of aromatic nitrogens is 1. The first-order valence-electron chi connectivity index (χ1n) is 6.33. The number of carbonyl (C=O) groups excluding carboxylic acids is 1. The summed E-state index contributed by atoms with van der Waals surface area (Å²) in [6.07, 6.45) is 3.67. The molecule has 2 heterocycles. The maximum absolute atomic E-state index is 12.0. The van der Waals surface area contributed by atoms with Gasteiger partial charge in [-0.05, 0) is 37.1 Å². The molecule has 0 saturated heterocycles. The number of benzene rings is 1. The number of carbonyl (C=O) groups is 1. The third kappa shape index (κ3) is 2.57. The van der Waals surface area contributed by atoms with Crippen LogP contribution in [0.25, 0.3) is 10.9 Å². The van der Waals surface area contributed by atoms with Gasteiger partial charge >= 0.3 is 0 Å². The number of amides is 1. The standard InChI is InChI=1S/C15H14N2O2/c18-15(13-7-3-4-10-19-13)17-14-9-8-11-5-1-2-6-12(11)16-14/h1-2,5-9H,3-4,10H2,(H,16,17,18). The van der Waals surface area contributed by atoms with Crippen molar-refractivity contribution in [1.82, 2.24) is 4.98 Å². The van der Waals surface area contributed by atoms with Crippen LogP contribution in [0.5, 0.6) is 0 Å². The predicted molar refractivity (Wildman–Crippen MR) is 73.6 cm³/mol. The molecule has 1 N–H and O–H groups in total. The molecule has 0 fully saturated rings. The van der Waals surface area contributed by atoms with E-state index in [9.17, 15) is 4.79 Å².